The fourth-order valence-corrected chi connectivity index (χ4v) is 7.66. The SMILES string of the molecule is CC(=O)OC[C@@H](OC(C)=O)C1O[C@@H](OP(=O)(O)OP(=O)(O)OC[C@H]2O[C@@H](n3cnc4c(N)ccnc43)[C@H]3OC(C)(C)OC23)C(O)[C@@H](O)[C@@H]1O. The maximum atomic E-state index is 12.8. The Kier molecular flexibility index (Phi) is 10.9. The minimum atomic E-state index is -5.71. The van der Waals surface area contributed by atoms with Crippen molar-refractivity contribution in [2.45, 2.75) is 94.8 Å². The van der Waals surface area contributed by atoms with Gasteiger partial charge in [-0.3, -0.25) is 23.2 Å². The zero-order valence-electron chi connectivity index (χ0n) is 26.3. The van der Waals surface area contributed by atoms with Gasteiger partial charge in [0.2, 0.25) is 0 Å². The molecule has 0 aromatic carbocycles. The predicted molar refractivity (Wildman–Crippen MR) is 156 cm³/mol. The number of nitrogens with zero attached hydrogens (tertiary/aromatic N) is 3. The minimum absolute atomic E-state index is 0.353. The second-order valence-corrected chi connectivity index (χ2v) is 14.7. The highest BCUT2D eigenvalue weighted by molar-refractivity contribution is 7.61. The van der Waals surface area contributed by atoms with Gasteiger partial charge in [-0.25, -0.2) is 19.1 Å². The van der Waals surface area contributed by atoms with Crippen molar-refractivity contribution in [2.75, 3.05) is 18.9 Å². The molecule has 274 valence electrons. The van der Waals surface area contributed by atoms with E-state index in [4.69, 9.17) is 43.2 Å². The molecular formula is C25H36N4O18P2. The molecule has 0 amide bonds. The summed E-state index contributed by atoms with van der Waals surface area (Å²) in [5.41, 5.74) is 7.09. The van der Waals surface area contributed by atoms with Crippen LogP contribution >= 0.6 is 15.6 Å². The van der Waals surface area contributed by atoms with Gasteiger partial charge in [-0.15, -0.1) is 0 Å². The number of hydrogen-bond donors (Lipinski definition) is 6. The summed E-state index contributed by atoms with van der Waals surface area (Å²) in [6.45, 7) is 3.83. The molecular weight excluding hydrogens is 706 g/mol. The van der Waals surface area contributed by atoms with E-state index in [0.29, 0.717) is 16.9 Å². The highest BCUT2D eigenvalue weighted by atomic mass is 31.3. The van der Waals surface area contributed by atoms with Crippen LogP contribution in [-0.2, 0) is 60.5 Å². The van der Waals surface area contributed by atoms with Gasteiger partial charge in [0.1, 0.15) is 54.9 Å². The number of carbonyl (C=O) groups excluding carboxylic acids is 2. The van der Waals surface area contributed by atoms with Crippen LogP contribution in [0.1, 0.15) is 33.9 Å². The van der Waals surface area contributed by atoms with Crippen LogP contribution in [0, 0.1) is 0 Å². The molecule has 0 aliphatic carbocycles. The summed E-state index contributed by atoms with van der Waals surface area (Å²) in [4.78, 5) is 52.1. The van der Waals surface area contributed by atoms with Crippen molar-refractivity contribution in [3.63, 3.8) is 0 Å². The second kappa shape index (κ2) is 14.2. The molecule has 3 aliphatic rings. The highest BCUT2D eigenvalue weighted by Crippen LogP contribution is 2.61. The van der Waals surface area contributed by atoms with E-state index < -0.39 is 108 Å². The van der Waals surface area contributed by atoms with Crippen molar-refractivity contribution in [2.24, 2.45) is 0 Å². The number of ether oxygens (including phenoxy) is 6. The van der Waals surface area contributed by atoms with Crippen molar-refractivity contribution in [3.8, 4) is 0 Å². The van der Waals surface area contributed by atoms with Crippen LogP contribution in [0.5, 0.6) is 0 Å². The lowest BCUT2D eigenvalue weighted by atomic mass is 9.95. The molecule has 2 aromatic rings. The lowest BCUT2D eigenvalue weighted by molar-refractivity contribution is -0.294. The number of fused-ring (bicyclic) bond motifs is 2. The van der Waals surface area contributed by atoms with Gasteiger partial charge in [0.25, 0.3) is 0 Å². The lowest BCUT2D eigenvalue weighted by Gasteiger charge is -2.42. The number of pyridine rings is 1. The summed E-state index contributed by atoms with van der Waals surface area (Å²) in [5.74, 6) is -2.86. The van der Waals surface area contributed by atoms with Crippen LogP contribution in [-0.4, -0.2) is 126 Å². The average molecular weight is 743 g/mol. The molecule has 22 nitrogen and oxygen atoms in total. The molecule has 5 rings (SSSR count). The number of carbonyl (C=O) groups is 2. The van der Waals surface area contributed by atoms with Gasteiger partial charge in [-0.1, -0.05) is 0 Å². The molecule has 3 fully saturated rings. The molecule has 7 N–H and O–H groups in total. The molecule has 24 heteroatoms. The smallest absolute Gasteiger partial charge is 0.462 e. The van der Waals surface area contributed by atoms with Crippen molar-refractivity contribution in [3.05, 3.63) is 18.6 Å². The van der Waals surface area contributed by atoms with Gasteiger partial charge in [0, 0.05) is 20.0 Å². The third kappa shape index (κ3) is 8.46. The number of aromatic nitrogens is 3. The molecule has 3 saturated heterocycles. The third-order valence-corrected chi connectivity index (χ3v) is 10.1. The monoisotopic (exact) mass is 742 g/mol. The number of hydrogen-bond acceptors (Lipinski definition) is 19. The Hall–Kier alpha value is -2.66. The van der Waals surface area contributed by atoms with E-state index in [-0.39, 0.29) is 0 Å². The Morgan fingerprint density at radius 3 is 2.39 bits per heavy atom. The number of aliphatic hydroxyl groups excluding tert-OH is 3. The van der Waals surface area contributed by atoms with Crippen molar-refractivity contribution in [1.82, 2.24) is 14.5 Å². The summed E-state index contributed by atoms with van der Waals surface area (Å²) < 4.78 is 74.3. The first-order valence-electron chi connectivity index (χ1n) is 14.6. The quantitative estimate of drug-likeness (QED) is 0.112. The van der Waals surface area contributed by atoms with Crippen molar-refractivity contribution >= 4 is 44.4 Å². The van der Waals surface area contributed by atoms with Gasteiger partial charge in [-0.2, -0.15) is 4.31 Å². The fraction of sp³-hybridized carbons (Fsp3) is 0.680. The molecule has 0 spiro atoms. The zero-order chi connectivity index (χ0) is 36.1. The van der Waals surface area contributed by atoms with E-state index in [2.05, 4.69) is 14.3 Å². The maximum absolute atomic E-state index is 12.8. The van der Waals surface area contributed by atoms with Crippen LogP contribution in [0.4, 0.5) is 5.69 Å². The summed E-state index contributed by atoms with van der Waals surface area (Å²) in [6.07, 6.45) is -13.0. The van der Waals surface area contributed by atoms with E-state index in [0.717, 1.165) is 13.8 Å². The van der Waals surface area contributed by atoms with Crippen LogP contribution in [0.3, 0.4) is 0 Å². The van der Waals surface area contributed by atoms with E-state index in [1.54, 1.807) is 19.9 Å². The standard InChI is InChI=1S/C25H36N4O18P2/c1-10(30)39-7-13(41-11(2)31)19-17(33)16(32)18(34)24(43-19)46-49(37,38)47-48(35,36)40-8-14-20-21(45-25(3,4)44-20)23(42-14)29-9-28-15-12(26)5-6-27-22(15)29/h5-6,9,13-14,16-21,23-24,32-34H,7-8H2,1-4H3,(H2,26,27)(H,35,36)(H,37,38)/t13-,14-,16+,17+,18?,19?,20?,21+,23-,24+/m1/s1. The van der Waals surface area contributed by atoms with Crippen LogP contribution < -0.4 is 5.73 Å². The Labute approximate surface area is 277 Å². The fourth-order valence-electron chi connectivity index (χ4n) is 5.51. The number of rotatable bonds is 12. The largest absolute Gasteiger partial charge is 0.483 e. The van der Waals surface area contributed by atoms with E-state index >= 15 is 0 Å². The number of phosphoric ester groups is 2. The first-order valence-corrected chi connectivity index (χ1v) is 17.5. The first kappa shape index (κ1) is 37.6. The van der Waals surface area contributed by atoms with E-state index in [9.17, 15) is 43.8 Å². The maximum Gasteiger partial charge on any atom is 0.483 e. The molecule has 0 saturated carbocycles. The van der Waals surface area contributed by atoms with Gasteiger partial charge in [0.05, 0.1) is 18.6 Å². The number of nitrogens with two attached hydrogens (primary N) is 1. The first-order chi connectivity index (χ1) is 22.8. The van der Waals surface area contributed by atoms with Gasteiger partial charge < -0.3 is 59.3 Å². The predicted octanol–water partition coefficient (Wildman–Crippen LogP) is -1.02. The zero-order valence-corrected chi connectivity index (χ0v) is 28.1. The summed E-state index contributed by atoms with van der Waals surface area (Å²) >= 11 is 0. The van der Waals surface area contributed by atoms with Crippen LogP contribution in [0.25, 0.3) is 11.2 Å². The van der Waals surface area contributed by atoms with Crippen molar-refractivity contribution < 1.29 is 85.6 Å². The Morgan fingerprint density at radius 2 is 1.71 bits per heavy atom. The molecule has 2 aromatic heterocycles. The summed E-state index contributed by atoms with van der Waals surface area (Å²) in [6, 6.07) is 1.56. The molecule has 3 aliphatic heterocycles. The Morgan fingerprint density at radius 1 is 1.02 bits per heavy atom. The van der Waals surface area contributed by atoms with Gasteiger partial charge >= 0.3 is 27.6 Å². The number of esters is 2. The number of aliphatic hydroxyl groups is 3. The Bertz CT molecular complexity index is 1640. The third-order valence-electron chi connectivity index (χ3n) is 7.48. The van der Waals surface area contributed by atoms with Gasteiger partial charge in [-0.05, 0) is 19.9 Å². The molecule has 12 atom stereocenters. The average Bonchev–Trinajstić information content (AvgIpc) is 3.65. The molecule has 5 unspecified atom stereocenters. The summed E-state index contributed by atoms with van der Waals surface area (Å²) in [5, 5.41) is 31.2. The minimum Gasteiger partial charge on any atom is -0.462 e. The summed E-state index contributed by atoms with van der Waals surface area (Å²) in [7, 11) is -11.2. The molecule has 0 bridgehead atoms. The number of nitrogen functional groups attached to an aromatic ring is 1. The number of imidazole rings is 1. The van der Waals surface area contributed by atoms with Crippen molar-refractivity contribution in [1.29, 1.82) is 0 Å². The van der Waals surface area contributed by atoms with Crippen LogP contribution in [0.15, 0.2) is 18.6 Å². The number of phosphoric acid groups is 2. The Balaban J connectivity index is 1.26. The molecule has 49 heavy (non-hydrogen) atoms. The van der Waals surface area contributed by atoms with E-state index in [1.807, 2.05) is 0 Å². The lowest BCUT2D eigenvalue weighted by Crippen LogP contribution is -2.62. The number of anilines is 1. The van der Waals surface area contributed by atoms with Gasteiger partial charge in [0.15, 0.2) is 30.1 Å². The van der Waals surface area contributed by atoms with Crippen LogP contribution in [0.2, 0.25) is 0 Å². The normalized spacial score (nSPS) is 34.1. The molecule has 0 radical (unpaired) electrons. The second-order valence-electron chi connectivity index (χ2n) is 11.7. The van der Waals surface area contributed by atoms with E-state index in [1.165, 1.54) is 17.1 Å². The highest BCUT2D eigenvalue weighted by Gasteiger charge is 2.57. The topological polar surface area (TPSA) is 309 Å². The molecule has 5 heterocycles.